The van der Waals surface area contributed by atoms with Crippen molar-refractivity contribution < 1.29 is 9.53 Å². The lowest BCUT2D eigenvalue weighted by molar-refractivity contribution is -0.149. The van der Waals surface area contributed by atoms with Gasteiger partial charge in [-0.1, -0.05) is 38.4 Å². The Labute approximate surface area is 166 Å². The fourth-order valence-corrected chi connectivity index (χ4v) is 3.93. The maximum Gasteiger partial charge on any atom is 0.309 e. The van der Waals surface area contributed by atoms with Crippen molar-refractivity contribution in [3.05, 3.63) is 47.2 Å². The van der Waals surface area contributed by atoms with Gasteiger partial charge < -0.3 is 4.74 Å². The molecule has 1 fully saturated rings. The van der Waals surface area contributed by atoms with Gasteiger partial charge in [0.2, 0.25) is 0 Å². The minimum Gasteiger partial charge on any atom is -0.469 e. The Morgan fingerprint density at radius 2 is 2.11 bits per heavy atom. The van der Waals surface area contributed by atoms with Gasteiger partial charge in [-0.05, 0) is 36.0 Å². The predicted molar refractivity (Wildman–Crippen MR) is 107 cm³/mol. The Hall–Kier alpha value is -1.85. The number of rotatable bonds is 4. The second kappa shape index (κ2) is 8.03. The lowest BCUT2D eigenvalue weighted by Crippen LogP contribution is -2.46. The number of benzene rings is 1. The summed E-state index contributed by atoms with van der Waals surface area (Å²) in [6.07, 6.45) is 4.79. The van der Waals surface area contributed by atoms with Crippen molar-refractivity contribution in [1.82, 2.24) is 14.7 Å². The molecule has 2 unspecified atom stereocenters. The van der Waals surface area contributed by atoms with E-state index in [1.807, 2.05) is 41.3 Å². The van der Waals surface area contributed by atoms with Crippen LogP contribution in [-0.2, 0) is 16.1 Å². The summed E-state index contributed by atoms with van der Waals surface area (Å²) in [5.41, 5.74) is 2.20. The molecule has 0 N–H and O–H groups in total. The van der Waals surface area contributed by atoms with E-state index in [1.165, 1.54) is 7.11 Å². The molecule has 6 heteroatoms. The number of halogens is 1. The van der Waals surface area contributed by atoms with E-state index in [2.05, 4.69) is 30.8 Å². The largest absolute Gasteiger partial charge is 0.469 e. The van der Waals surface area contributed by atoms with E-state index in [4.69, 9.17) is 16.3 Å². The molecule has 1 aliphatic rings. The molecule has 0 bridgehead atoms. The van der Waals surface area contributed by atoms with Crippen LogP contribution in [0.4, 0.5) is 0 Å². The first-order valence-electron chi connectivity index (χ1n) is 9.36. The van der Waals surface area contributed by atoms with E-state index in [0.717, 1.165) is 37.3 Å². The van der Waals surface area contributed by atoms with E-state index in [9.17, 15) is 4.79 Å². The summed E-state index contributed by atoms with van der Waals surface area (Å²) in [5, 5.41) is 5.16. The highest BCUT2D eigenvalue weighted by Gasteiger charge is 2.37. The van der Waals surface area contributed by atoms with Crippen molar-refractivity contribution >= 4 is 17.6 Å². The Morgan fingerprint density at radius 1 is 1.33 bits per heavy atom. The summed E-state index contributed by atoms with van der Waals surface area (Å²) in [7, 11) is 1.47. The van der Waals surface area contributed by atoms with E-state index in [1.54, 1.807) is 0 Å². The highest BCUT2D eigenvalue weighted by Crippen LogP contribution is 2.36. The summed E-state index contributed by atoms with van der Waals surface area (Å²) in [4.78, 5) is 14.5. The predicted octanol–water partition coefficient (Wildman–Crippen LogP) is 4.18. The second-order valence-electron chi connectivity index (χ2n) is 8.49. The van der Waals surface area contributed by atoms with Gasteiger partial charge in [0.05, 0.1) is 24.9 Å². The van der Waals surface area contributed by atoms with Gasteiger partial charge in [-0.3, -0.25) is 9.69 Å². The van der Waals surface area contributed by atoms with Crippen molar-refractivity contribution in [3.8, 4) is 5.69 Å². The quantitative estimate of drug-likeness (QED) is 0.736. The van der Waals surface area contributed by atoms with E-state index in [0.29, 0.717) is 10.9 Å². The molecule has 2 atom stereocenters. The highest BCUT2D eigenvalue weighted by atomic mass is 35.5. The topological polar surface area (TPSA) is 47.4 Å². The standard InChI is InChI=1S/C21H28ClN3O2/c1-21(2,3)17-8-16(20(26)27-4)13-24(14-17)11-15-10-23-25(12-15)19-7-5-6-18(22)9-19/h5-7,9-10,12,16-17H,8,11,13-14H2,1-4H3. The van der Waals surface area contributed by atoms with Crippen LogP contribution in [0.15, 0.2) is 36.7 Å². The fourth-order valence-electron chi connectivity index (χ4n) is 3.74. The molecule has 1 aromatic carbocycles. The first-order valence-corrected chi connectivity index (χ1v) is 9.73. The molecular formula is C21H28ClN3O2. The second-order valence-corrected chi connectivity index (χ2v) is 8.92. The highest BCUT2D eigenvalue weighted by molar-refractivity contribution is 6.30. The van der Waals surface area contributed by atoms with Crippen LogP contribution >= 0.6 is 11.6 Å². The smallest absolute Gasteiger partial charge is 0.309 e. The number of carbonyl (C=O) groups is 1. The zero-order valence-corrected chi connectivity index (χ0v) is 17.2. The van der Waals surface area contributed by atoms with Crippen molar-refractivity contribution in [2.24, 2.45) is 17.3 Å². The summed E-state index contributed by atoms with van der Waals surface area (Å²) >= 11 is 6.08. The summed E-state index contributed by atoms with van der Waals surface area (Å²) in [6, 6.07) is 7.63. The van der Waals surface area contributed by atoms with Gasteiger partial charge in [-0.25, -0.2) is 4.68 Å². The van der Waals surface area contributed by atoms with Crippen molar-refractivity contribution in [2.45, 2.75) is 33.7 Å². The number of carbonyl (C=O) groups excluding carboxylic acids is 1. The summed E-state index contributed by atoms with van der Waals surface area (Å²) in [5.74, 6) is 0.262. The third-order valence-electron chi connectivity index (χ3n) is 5.40. The molecule has 0 spiro atoms. The SMILES string of the molecule is COC(=O)C1CC(C(C)(C)C)CN(Cc2cnn(-c3cccc(Cl)c3)c2)C1. The molecule has 0 aliphatic carbocycles. The first-order chi connectivity index (χ1) is 12.8. The number of aromatic nitrogens is 2. The van der Waals surface area contributed by atoms with Gasteiger partial charge in [0.25, 0.3) is 0 Å². The van der Waals surface area contributed by atoms with Gasteiger partial charge in [0.1, 0.15) is 0 Å². The Morgan fingerprint density at radius 3 is 2.78 bits per heavy atom. The van der Waals surface area contributed by atoms with Gasteiger partial charge in [0.15, 0.2) is 0 Å². The molecule has 0 amide bonds. The molecule has 0 saturated carbocycles. The number of ether oxygens (including phenoxy) is 1. The maximum absolute atomic E-state index is 12.2. The molecule has 1 aliphatic heterocycles. The van der Waals surface area contributed by atoms with Crippen LogP contribution in [0.3, 0.4) is 0 Å². The molecule has 3 rings (SSSR count). The number of piperidine rings is 1. The van der Waals surface area contributed by atoms with Gasteiger partial charge >= 0.3 is 5.97 Å². The van der Waals surface area contributed by atoms with Crippen LogP contribution in [0.1, 0.15) is 32.8 Å². The molecule has 2 heterocycles. The molecule has 5 nitrogen and oxygen atoms in total. The maximum atomic E-state index is 12.2. The van der Waals surface area contributed by atoms with E-state index >= 15 is 0 Å². The van der Waals surface area contributed by atoms with E-state index in [-0.39, 0.29) is 17.3 Å². The molecule has 0 radical (unpaired) electrons. The van der Waals surface area contributed by atoms with Gasteiger partial charge in [0, 0.05) is 36.4 Å². The van der Waals surface area contributed by atoms with Crippen LogP contribution in [0, 0.1) is 17.3 Å². The number of nitrogens with zero attached hydrogens (tertiary/aromatic N) is 3. The first kappa shape index (κ1) is 19.9. The lowest BCUT2D eigenvalue weighted by Gasteiger charge is -2.42. The monoisotopic (exact) mass is 389 g/mol. The third-order valence-corrected chi connectivity index (χ3v) is 5.64. The number of hydrogen-bond acceptors (Lipinski definition) is 4. The van der Waals surface area contributed by atoms with Gasteiger partial charge in [-0.2, -0.15) is 5.10 Å². The molecule has 27 heavy (non-hydrogen) atoms. The molecule has 146 valence electrons. The van der Waals surface area contributed by atoms with Crippen LogP contribution in [0.2, 0.25) is 5.02 Å². The Bertz CT molecular complexity index is 797. The number of esters is 1. The van der Waals surface area contributed by atoms with Crippen molar-refractivity contribution in [3.63, 3.8) is 0 Å². The normalized spacial score (nSPS) is 21.2. The van der Waals surface area contributed by atoms with Crippen LogP contribution < -0.4 is 0 Å². The van der Waals surface area contributed by atoms with Crippen LogP contribution in [0.5, 0.6) is 0 Å². The summed E-state index contributed by atoms with van der Waals surface area (Å²) < 4.78 is 6.87. The van der Waals surface area contributed by atoms with Crippen LogP contribution in [-0.4, -0.2) is 40.8 Å². The molecular weight excluding hydrogens is 362 g/mol. The Balaban J connectivity index is 1.74. The number of likely N-dealkylation sites (tertiary alicyclic amines) is 1. The average molecular weight is 390 g/mol. The average Bonchev–Trinajstić information content (AvgIpc) is 3.08. The number of methoxy groups -OCH3 is 1. The molecule has 1 aromatic heterocycles. The van der Waals surface area contributed by atoms with Crippen molar-refractivity contribution in [1.29, 1.82) is 0 Å². The molecule has 1 saturated heterocycles. The fraction of sp³-hybridized carbons (Fsp3) is 0.524. The summed E-state index contributed by atoms with van der Waals surface area (Å²) in [6.45, 7) is 9.19. The Kier molecular flexibility index (Phi) is 5.92. The van der Waals surface area contributed by atoms with Gasteiger partial charge in [-0.15, -0.1) is 0 Å². The van der Waals surface area contributed by atoms with Crippen molar-refractivity contribution in [2.75, 3.05) is 20.2 Å². The number of hydrogen-bond donors (Lipinski definition) is 0. The zero-order chi connectivity index (χ0) is 19.6. The minimum atomic E-state index is -0.108. The lowest BCUT2D eigenvalue weighted by atomic mass is 9.73. The third kappa shape index (κ3) is 4.90. The van der Waals surface area contributed by atoms with Crippen LogP contribution in [0.25, 0.3) is 5.69 Å². The molecule has 2 aromatic rings. The minimum absolute atomic E-state index is 0.0732. The zero-order valence-electron chi connectivity index (χ0n) is 16.5. The van der Waals surface area contributed by atoms with E-state index < -0.39 is 0 Å².